The van der Waals surface area contributed by atoms with Crippen LogP contribution < -0.4 is 26.6 Å². The van der Waals surface area contributed by atoms with Crippen molar-refractivity contribution in [3.8, 4) is 5.75 Å². The number of carbonyl (C=O) groups excluding carboxylic acids is 1. The highest BCUT2D eigenvalue weighted by atomic mass is 127. The van der Waals surface area contributed by atoms with Gasteiger partial charge in [-0.2, -0.15) is 0 Å². The van der Waals surface area contributed by atoms with E-state index >= 15 is 0 Å². The first-order valence-corrected chi connectivity index (χ1v) is 9.65. The number of nitrogens with one attached hydrogen (secondary N) is 1. The van der Waals surface area contributed by atoms with E-state index in [2.05, 4.69) is 58.2 Å². The fourth-order valence-electron chi connectivity index (χ4n) is 3.41. The molecule has 2 aliphatic rings. The summed E-state index contributed by atoms with van der Waals surface area (Å²) in [7, 11) is 0. The SMILES string of the molecule is CC1(C[NH+]2CCCCC2)COc2c(I)cc(I)cc2C1=O.[Br-]. The summed E-state index contributed by atoms with van der Waals surface area (Å²) < 4.78 is 8.13. The maximum absolute atomic E-state index is 13.0. The summed E-state index contributed by atoms with van der Waals surface area (Å²) in [5, 5.41) is 0. The molecule has 3 nitrogen and oxygen atoms in total. The second-order valence-electron chi connectivity index (χ2n) is 6.43. The Bertz CT molecular complexity index is 576. The van der Waals surface area contributed by atoms with Crippen LogP contribution in [-0.2, 0) is 0 Å². The Hall–Kier alpha value is 0.590. The molecule has 0 bridgehead atoms. The minimum absolute atomic E-state index is 0. The van der Waals surface area contributed by atoms with Crippen molar-refractivity contribution in [2.24, 2.45) is 5.41 Å². The summed E-state index contributed by atoms with van der Waals surface area (Å²) in [5.74, 6) is 1.05. The minimum atomic E-state index is -0.382. The topological polar surface area (TPSA) is 30.7 Å². The lowest BCUT2D eigenvalue weighted by molar-refractivity contribution is -0.910. The molecule has 0 saturated carbocycles. The van der Waals surface area contributed by atoms with Gasteiger partial charge in [-0.15, -0.1) is 0 Å². The van der Waals surface area contributed by atoms with Gasteiger partial charge in [-0.05, 0) is 83.5 Å². The zero-order valence-corrected chi connectivity index (χ0v) is 18.5. The van der Waals surface area contributed by atoms with Crippen LogP contribution in [0.15, 0.2) is 12.1 Å². The van der Waals surface area contributed by atoms with E-state index in [1.54, 1.807) is 4.90 Å². The number of quaternary nitrogens is 1. The summed E-state index contributed by atoms with van der Waals surface area (Å²) >= 11 is 4.53. The van der Waals surface area contributed by atoms with Gasteiger partial charge < -0.3 is 26.6 Å². The van der Waals surface area contributed by atoms with Crippen molar-refractivity contribution in [1.29, 1.82) is 0 Å². The highest BCUT2D eigenvalue weighted by molar-refractivity contribution is 14.1. The van der Waals surface area contributed by atoms with Gasteiger partial charge in [0, 0.05) is 3.57 Å². The van der Waals surface area contributed by atoms with Gasteiger partial charge in [-0.3, -0.25) is 4.79 Å². The lowest BCUT2D eigenvalue weighted by Crippen LogP contribution is -3.14. The average Bonchev–Trinajstić information content (AvgIpc) is 2.44. The zero-order valence-electron chi connectivity index (χ0n) is 12.6. The molecule has 2 aliphatic heterocycles. The van der Waals surface area contributed by atoms with Crippen molar-refractivity contribution in [2.45, 2.75) is 26.2 Å². The number of carbonyl (C=O) groups is 1. The summed E-state index contributed by atoms with van der Waals surface area (Å²) in [4.78, 5) is 14.6. The summed E-state index contributed by atoms with van der Waals surface area (Å²) in [6.45, 7) is 5.87. The molecule has 6 heteroatoms. The van der Waals surface area contributed by atoms with Crippen molar-refractivity contribution >= 4 is 51.0 Å². The Morgan fingerprint density at radius 2 is 1.91 bits per heavy atom. The van der Waals surface area contributed by atoms with E-state index in [4.69, 9.17) is 4.74 Å². The van der Waals surface area contributed by atoms with E-state index in [1.165, 1.54) is 32.4 Å². The molecule has 1 aromatic carbocycles. The standard InChI is InChI=1S/C16H19I2NO2.BrH/c1-16(9-19-5-3-2-4-6-19)10-21-14-12(15(16)20)7-11(17)8-13(14)18;/h7-8H,2-6,9-10H2,1H3;1H. The van der Waals surface area contributed by atoms with Gasteiger partial charge in [0.15, 0.2) is 5.78 Å². The van der Waals surface area contributed by atoms with E-state index in [-0.39, 0.29) is 28.2 Å². The highest BCUT2D eigenvalue weighted by Crippen LogP contribution is 2.37. The molecule has 1 saturated heterocycles. The first-order chi connectivity index (χ1) is 9.99. The van der Waals surface area contributed by atoms with Crippen molar-refractivity contribution in [3.63, 3.8) is 0 Å². The smallest absolute Gasteiger partial charge is 0.181 e. The first kappa shape index (κ1) is 18.9. The molecule has 1 N–H and O–H groups in total. The third kappa shape index (κ3) is 3.80. The minimum Gasteiger partial charge on any atom is -1.00 e. The Morgan fingerprint density at radius 1 is 1.23 bits per heavy atom. The van der Waals surface area contributed by atoms with E-state index in [0.29, 0.717) is 6.61 Å². The lowest BCUT2D eigenvalue weighted by atomic mass is 9.80. The number of benzene rings is 1. The molecule has 1 unspecified atom stereocenters. The Kier molecular flexibility index (Phi) is 6.58. The average molecular weight is 592 g/mol. The molecule has 0 aliphatic carbocycles. The second-order valence-corrected chi connectivity index (χ2v) is 8.84. The molecule has 0 aromatic heterocycles. The van der Waals surface area contributed by atoms with Crippen molar-refractivity contribution < 1.29 is 31.4 Å². The van der Waals surface area contributed by atoms with Crippen LogP contribution in [-0.4, -0.2) is 32.0 Å². The Balaban J connectivity index is 0.00000176. The van der Waals surface area contributed by atoms with Crippen LogP contribution in [0.4, 0.5) is 0 Å². The summed E-state index contributed by atoms with van der Waals surface area (Å²) in [5.41, 5.74) is 0.393. The largest absolute Gasteiger partial charge is 1.00 e. The molecule has 0 radical (unpaired) electrons. The third-order valence-electron chi connectivity index (χ3n) is 4.54. The van der Waals surface area contributed by atoms with Crippen LogP contribution in [0.1, 0.15) is 36.5 Å². The monoisotopic (exact) mass is 591 g/mol. The van der Waals surface area contributed by atoms with Crippen molar-refractivity contribution in [2.75, 3.05) is 26.2 Å². The van der Waals surface area contributed by atoms with Crippen molar-refractivity contribution in [1.82, 2.24) is 0 Å². The predicted octanol–water partition coefficient (Wildman–Crippen LogP) is -0.450. The fourth-order valence-corrected chi connectivity index (χ4v) is 5.41. The van der Waals surface area contributed by atoms with Crippen LogP contribution in [0.2, 0.25) is 0 Å². The molecule has 2 heterocycles. The van der Waals surface area contributed by atoms with Gasteiger partial charge in [0.1, 0.15) is 17.8 Å². The number of Topliss-reactive ketones (excluding diaryl/α,β-unsaturated/α-hetero) is 1. The quantitative estimate of drug-likeness (QED) is 0.473. The van der Waals surface area contributed by atoms with Crippen LogP contribution in [0, 0.1) is 12.6 Å². The molecule has 22 heavy (non-hydrogen) atoms. The molecular weight excluding hydrogens is 572 g/mol. The summed E-state index contributed by atoms with van der Waals surface area (Å²) in [6.07, 6.45) is 3.91. The molecule has 0 spiro atoms. The number of likely N-dealkylation sites (tertiary alicyclic amines) is 1. The number of rotatable bonds is 2. The molecular formula is C16H20BrI2NO2. The molecule has 122 valence electrons. The van der Waals surface area contributed by atoms with E-state index in [9.17, 15) is 4.79 Å². The number of hydrogen-bond donors (Lipinski definition) is 1. The van der Waals surface area contributed by atoms with E-state index in [0.717, 1.165) is 25.0 Å². The predicted molar refractivity (Wildman–Crippen MR) is 99.2 cm³/mol. The lowest BCUT2D eigenvalue weighted by Gasteiger charge is -2.36. The normalized spacial score (nSPS) is 25.1. The number of halogens is 3. The van der Waals surface area contributed by atoms with Gasteiger partial charge in [-0.25, -0.2) is 0 Å². The molecule has 0 amide bonds. The van der Waals surface area contributed by atoms with Crippen LogP contribution in [0.3, 0.4) is 0 Å². The first-order valence-electron chi connectivity index (χ1n) is 7.50. The zero-order chi connectivity index (χ0) is 15.0. The van der Waals surface area contributed by atoms with Crippen LogP contribution in [0.25, 0.3) is 0 Å². The second kappa shape index (κ2) is 7.65. The van der Waals surface area contributed by atoms with Gasteiger partial charge in [0.25, 0.3) is 0 Å². The highest BCUT2D eigenvalue weighted by Gasteiger charge is 2.44. The van der Waals surface area contributed by atoms with Gasteiger partial charge in [-0.1, -0.05) is 0 Å². The van der Waals surface area contributed by atoms with Crippen LogP contribution >= 0.6 is 45.2 Å². The number of hydrogen-bond acceptors (Lipinski definition) is 2. The third-order valence-corrected chi connectivity index (χ3v) is 5.96. The maximum atomic E-state index is 13.0. The molecule has 1 fully saturated rings. The molecule has 1 atom stereocenters. The number of fused-ring (bicyclic) bond motifs is 1. The van der Waals surface area contributed by atoms with Crippen LogP contribution in [0.5, 0.6) is 5.75 Å². The summed E-state index contributed by atoms with van der Waals surface area (Å²) in [6, 6.07) is 4.04. The van der Waals surface area contributed by atoms with Gasteiger partial charge in [0.2, 0.25) is 0 Å². The fraction of sp³-hybridized carbons (Fsp3) is 0.562. The van der Waals surface area contributed by atoms with E-state index in [1.807, 2.05) is 6.07 Å². The Labute approximate surface area is 169 Å². The van der Waals surface area contributed by atoms with Crippen molar-refractivity contribution in [3.05, 3.63) is 24.8 Å². The van der Waals surface area contributed by atoms with E-state index < -0.39 is 0 Å². The maximum Gasteiger partial charge on any atom is 0.181 e. The van der Waals surface area contributed by atoms with Gasteiger partial charge >= 0.3 is 0 Å². The van der Waals surface area contributed by atoms with Gasteiger partial charge in [0.05, 0.1) is 28.8 Å². The number of ketones is 1. The number of ether oxygens (including phenoxy) is 1. The molecule has 3 rings (SSSR count). The Morgan fingerprint density at radius 3 is 2.59 bits per heavy atom. The number of piperidine rings is 1. The molecule has 1 aromatic rings.